The van der Waals surface area contributed by atoms with Crippen LogP contribution in [0.25, 0.3) is 5.52 Å². The first kappa shape index (κ1) is 7.56. The van der Waals surface area contributed by atoms with Crippen molar-refractivity contribution in [2.75, 3.05) is 0 Å². The summed E-state index contributed by atoms with van der Waals surface area (Å²) in [5.41, 5.74) is 1.36. The topological polar surface area (TPSA) is 45.3 Å². The largest absolute Gasteiger partial charge is 0.323 e. The van der Waals surface area contributed by atoms with Crippen LogP contribution < -0.4 is 0 Å². The predicted octanol–water partition coefficient (Wildman–Crippen LogP) is 1.65. The van der Waals surface area contributed by atoms with Crippen molar-refractivity contribution in [3.8, 4) is 6.07 Å². The van der Waals surface area contributed by atoms with E-state index in [1.807, 2.05) is 28.8 Å². The van der Waals surface area contributed by atoms with E-state index in [9.17, 15) is 4.79 Å². The maximum Gasteiger partial charge on any atom is 0.263 e. The first-order valence-electron chi connectivity index (χ1n) is 3.82. The molecule has 2 heterocycles. The highest BCUT2D eigenvalue weighted by molar-refractivity contribution is 6.08. The zero-order valence-electron chi connectivity index (χ0n) is 6.77. The van der Waals surface area contributed by atoms with E-state index in [-0.39, 0.29) is 0 Å². The molecule has 0 saturated carbocycles. The number of hydrogen-bond donors (Lipinski definition) is 0. The molecule has 0 atom stereocenters. The van der Waals surface area contributed by atoms with E-state index in [1.165, 1.54) is 0 Å². The van der Waals surface area contributed by atoms with Gasteiger partial charge < -0.3 is 4.40 Å². The molecule has 0 radical (unpaired) electrons. The quantitative estimate of drug-likeness (QED) is 0.482. The molecule has 0 amide bonds. The minimum Gasteiger partial charge on any atom is -0.323 e. The normalized spacial score (nSPS) is 9.77. The van der Waals surface area contributed by atoms with Crippen molar-refractivity contribution in [3.05, 3.63) is 42.2 Å². The Kier molecular flexibility index (Phi) is 1.60. The van der Waals surface area contributed by atoms with Gasteiger partial charge in [-0.15, -0.1) is 0 Å². The number of Topliss-reactive ketones (excluding diaryl/α,β-unsaturated/α-hetero) is 1. The lowest BCUT2D eigenvalue weighted by Gasteiger charge is -1.88. The molecule has 0 bridgehead atoms. The van der Waals surface area contributed by atoms with Crippen LogP contribution >= 0.6 is 0 Å². The third-order valence-electron chi connectivity index (χ3n) is 1.87. The van der Waals surface area contributed by atoms with Gasteiger partial charge in [-0.2, -0.15) is 5.26 Å². The highest BCUT2D eigenvalue weighted by Gasteiger charge is 2.06. The van der Waals surface area contributed by atoms with Crippen LogP contribution in [0.5, 0.6) is 0 Å². The van der Waals surface area contributed by atoms with E-state index in [2.05, 4.69) is 0 Å². The van der Waals surface area contributed by atoms with Gasteiger partial charge in [0.25, 0.3) is 5.78 Å². The van der Waals surface area contributed by atoms with Gasteiger partial charge in [-0.25, -0.2) is 0 Å². The van der Waals surface area contributed by atoms with Gasteiger partial charge in [-0.1, -0.05) is 6.07 Å². The van der Waals surface area contributed by atoms with E-state index < -0.39 is 5.78 Å². The third kappa shape index (κ3) is 1.18. The van der Waals surface area contributed by atoms with Crippen molar-refractivity contribution >= 4 is 11.3 Å². The van der Waals surface area contributed by atoms with Crippen LogP contribution in [0.1, 0.15) is 10.4 Å². The Balaban J connectivity index is 2.64. The molecule has 13 heavy (non-hydrogen) atoms. The van der Waals surface area contributed by atoms with Gasteiger partial charge in [-0.05, 0) is 18.2 Å². The Labute approximate surface area is 74.8 Å². The number of aromatic nitrogens is 1. The molecule has 2 rings (SSSR count). The van der Waals surface area contributed by atoms with E-state index in [0.717, 1.165) is 5.52 Å². The number of nitrogens with zero attached hydrogens (tertiary/aromatic N) is 2. The molecule has 0 aliphatic carbocycles. The van der Waals surface area contributed by atoms with Gasteiger partial charge in [0.1, 0.15) is 6.07 Å². The standard InChI is InChI=1S/C10H6N2O/c11-6-10(13)8-5-9-3-1-2-4-12(9)7-8/h1-5,7H. The Morgan fingerprint density at radius 3 is 3.00 bits per heavy atom. The van der Waals surface area contributed by atoms with Crippen molar-refractivity contribution in [3.63, 3.8) is 0 Å². The summed E-state index contributed by atoms with van der Waals surface area (Å²) in [5, 5.41) is 8.40. The Bertz CT molecular complexity index is 472. The molecule has 0 aromatic carbocycles. The van der Waals surface area contributed by atoms with Crippen LogP contribution in [-0.2, 0) is 0 Å². The second-order valence-electron chi connectivity index (χ2n) is 2.70. The summed E-state index contributed by atoms with van der Waals surface area (Å²) in [5.74, 6) is -0.497. The van der Waals surface area contributed by atoms with Crippen molar-refractivity contribution in [1.29, 1.82) is 5.26 Å². The molecule has 2 aromatic rings. The maximum atomic E-state index is 11.0. The molecule has 0 spiro atoms. The fourth-order valence-corrected chi connectivity index (χ4v) is 1.24. The number of carbonyl (C=O) groups is 1. The van der Waals surface area contributed by atoms with Crippen LogP contribution in [0, 0.1) is 11.3 Å². The zero-order valence-corrected chi connectivity index (χ0v) is 6.77. The number of ketones is 1. The molecule has 0 aliphatic rings. The summed E-state index contributed by atoms with van der Waals surface area (Å²) in [6.45, 7) is 0. The van der Waals surface area contributed by atoms with E-state index >= 15 is 0 Å². The van der Waals surface area contributed by atoms with E-state index in [1.54, 1.807) is 18.3 Å². The van der Waals surface area contributed by atoms with Crippen molar-refractivity contribution < 1.29 is 4.79 Å². The van der Waals surface area contributed by atoms with Crippen LogP contribution in [-0.4, -0.2) is 10.2 Å². The lowest BCUT2D eigenvalue weighted by molar-refractivity contribution is 0.105. The molecular weight excluding hydrogens is 164 g/mol. The summed E-state index contributed by atoms with van der Waals surface area (Å²) in [6, 6.07) is 8.93. The van der Waals surface area contributed by atoms with Gasteiger partial charge in [0.05, 0.1) is 5.56 Å². The van der Waals surface area contributed by atoms with Crippen LogP contribution in [0.2, 0.25) is 0 Å². The number of nitriles is 1. The van der Waals surface area contributed by atoms with Crippen molar-refractivity contribution in [2.24, 2.45) is 0 Å². The highest BCUT2D eigenvalue weighted by Crippen LogP contribution is 2.09. The first-order chi connectivity index (χ1) is 6.31. The van der Waals surface area contributed by atoms with Crippen LogP contribution in [0.3, 0.4) is 0 Å². The molecule has 0 N–H and O–H groups in total. The van der Waals surface area contributed by atoms with Crippen molar-refractivity contribution in [2.45, 2.75) is 0 Å². The molecule has 0 aliphatic heterocycles. The zero-order chi connectivity index (χ0) is 9.26. The average molecular weight is 170 g/mol. The maximum absolute atomic E-state index is 11.0. The van der Waals surface area contributed by atoms with Gasteiger partial charge in [0.2, 0.25) is 0 Å². The highest BCUT2D eigenvalue weighted by atomic mass is 16.1. The number of pyridine rings is 1. The number of rotatable bonds is 1. The van der Waals surface area contributed by atoms with Crippen LogP contribution in [0.15, 0.2) is 36.7 Å². The fraction of sp³-hybridized carbons (Fsp3) is 0. The molecule has 3 nitrogen and oxygen atoms in total. The second-order valence-corrected chi connectivity index (χ2v) is 2.70. The summed E-state index contributed by atoms with van der Waals surface area (Å²) in [6.07, 6.45) is 3.49. The fourth-order valence-electron chi connectivity index (χ4n) is 1.24. The minimum absolute atomic E-state index is 0.439. The lowest BCUT2D eigenvalue weighted by atomic mass is 10.2. The Morgan fingerprint density at radius 2 is 2.31 bits per heavy atom. The minimum atomic E-state index is -0.497. The molecule has 0 saturated heterocycles. The Morgan fingerprint density at radius 1 is 1.46 bits per heavy atom. The summed E-state index contributed by atoms with van der Waals surface area (Å²) >= 11 is 0. The summed E-state index contributed by atoms with van der Waals surface area (Å²) in [4.78, 5) is 11.0. The van der Waals surface area contributed by atoms with Crippen molar-refractivity contribution in [1.82, 2.24) is 4.40 Å². The lowest BCUT2D eigenvalue weighted by Crippen LogP contribution is -1.90. The van der Waals surface area contributed by atoms with Gasteiger partial charge in [-0.3, -0.25) is 4.79 Å². The molecular formula is C10H6N2O. The Hall–Kier alpha value is -2.08. The van der Waals surface area contributed by atoms with E-state index in [4.69, 9.17) is 5.26 Å². The summed E-state index contributed by atoms with van der Waals surface area (Å²) < 4.78 is 1.81. The molecule has 2 aromatic heterocycles. The first-order valence-corrected chi connectivity index (χ1v) is 3.82. The number of carbonyl (C=O) groups excluding carboxylic acids is 1. The second kappa shape index (κ2) is 2.76. The smallest absolute Gasteiger partial charge is 0.263 e. The van der Waals surface area contributed by atoms with E-state index in [0.29, 0.717) is 5.56 Å². The molecule has 0 fully saturated rings. The van der Waals surface area contributed by atoms with Crippen LogP contribution in [0.4, 0.5) is 0 Å². The summed E-state index contributed by atoms with van der Waals surface area (Å²) in [7, 11) is 0. The van der Waals surface area contributed by atoms with Gasteiger partial charge >= 0.3 is 0 Å². The molecule has 0 unspecified atom stereocenters. The van der Waals surface area contributed by atoms with Gasteiger partial charge in [0.15, 0.2) is 0 Å². The number of hydrogen-bond acceptors (Lipinski definition) is 2. The predicted molar refractivity (Wildman–Crippen MR) is 47.3 cm³/mol. The molecule has 62 valence electrons. The third-order valence-corrected chi connectivity index (χ3v) is 1.87. The SMILES string of the molecule is N#CC(=O)c1cc2ccccn2c1. The van der Waals surface area contributed by atoms with Gasteiger partial charge in [0, 0.05) is 17.9 Å². The molecule has 3 heteroatoms. The monoisotopic (exact) mass is 170 g/mol. The average Bonchev–Trinajstić information content (AvgIpc) is 2.59. The number of fused-ring (bicyclic) bond motifs is 1.